The standard InChI is InChI=1S/C17H21N5O3/c1-20(2)16-6-5-13(22(24)25)10-14(16)17(23)21-9-3-4-12(11-21)15-7-8-18-19-15/h5-8,10,12H,3-4,9,11H2,1-2H3,(H,18,19)/t12-/m0/s1. The Morgan fingerprint density at radius 1 is 1.40 bits per heavy atom. The first-order valence-electron chi connectivity index (χ1n) is 8.21. The van der Waals surface area contributed by atoms with Gasteiger partial charge in [-0.1, -0.05) is 0 Å². The van der Waals surface area contributed by atoms with Crippen LogP contribution in [0.2, 0.25) is 0 Å². The highest BCUT2D eigenvalue weighted by Crippen LogP contribution is 2.30. The lowest BCUT2D eigenvalue weighted by Crippen LogP contribution is -2.39. The molecule has 1 saturated heterocycles. The van der Waals surface area contributed by atoms with Gasteiger partial charge in [0.15, 0.2) is 0 Å². The minimum absolute atomic E-state index is 0.0731. The van der Waals surface area contributed by atoms with Crippen LogP contribution in [0.15, 0.2) is 30.5 Å². The summed E-state index contributed by atoms with van der Waals surface area (Å²) in [6.07, 6.45) is 3.59. The minimum Gasteiger partial charge on any atom is -0.377 e. The molecule has 0 saturated carbocycles. The third kappa shape index (κ3) is 3.47. The fourth-order valence-corrected chi connectivity index (χ4v) is 3.28. The monoisotopic (exact) mass is 343 g/mol. The van der Waals surface area contributed by atoms with Crippen LogP contribution in [0.25, 0.3) is 0 Å². The molecule has 1 aromatic carbocycles. The second kappa shape index (κ2) is 6.92. The number of rotatable bonds is 4. The number of nitro groups is 1. The van der Waals surface area contributed by atoms with Gasteiger partial charge >= 0.3 is 0 Å². The SMILES string of the molecule is CN(C)c1ccc([N+](=O)[O-])cc1C(=O)N1CCC[C@H](c2ccn[nH]2)C1. The highest BCUT2D eigenvalue weighted by molar-refractivity contribution is 6.00. The van der Waals surface area contributed by atoms with Crippen molar-refractivity contribution in [2.45, 2.75) is 18.8 Å². The summed E-state index contributed by atoms with van der Waals surface area (Å²) in [4.78, 5) is 27.3. The van der Waals surface area contributed by atoms with Gasteiger partial charge in [-0.25, -0.2) is 0 Å². The van der Waals surface area contributed by atoms with E-state index in [9.17, 15) is 14.9 Å². The van der Waals surface area contributed by atoms with Crippen molar-refractivity contribution in [2.75, 3.05) is 32.1 Å². The first kappa shape index (κ1) is 16.9. The van der Waals surface area contributed by atoms with Gasteiger partial charge in [0.2, 0.25) is 0 Å². The molecule has 1 aliphatic rings. The Balaban J connectivity index is 1.89. The van der Waals surface area contributed by atoms with Crippen molar-refractivity contribution < 1.29 is 9.72 Å². The van der Waals surface area contributed by atoms with Gasteiger partial charge in [0.25, 0.3) is 11.6 Å². The second-order valence-corrected chi connectivity index (χ2v) is 6.46. The van der Waals surface area contributed by atoms with Crippen LogP contribution < -0.4 is 4.90 Å². The van der Waals surface area contributed by atoms with E-state index in [0.29, 0.717) is 24.3 Å². The molecule has 8 nitrogen and oxygen atoms in total. The molecule has 1 aliphatic heterocycles. The molecule has 1 atom stereocenters. The molecule has 1 N–H and O–H groups in total. The molecule has 2 heterocycles. The average Bonchev–Trinajstić information content (AvgIpc) is 3.15. The van der Waals surface area contributed by atoms with E-state index < -0.39 is 4.92 Å². The summed E-state index contributed by atoms with van der Waals surface area (Å²) in [6.45, 7) is 1.23. The van der Waals surface area contributed by atoms with E-state index >= 15 is 0 Å². The summed E-state index contributed by atoms with van der Waals surface area (Å²) in [7, 11) is 3.64. The number of hydrogen-bond donors (Lipinski definition) is 1. The van der Waals surface area contributed by atoms with E-state index in [-0.39, 0.29) is 17.5 Å². The van der Waals surface area contributed by atoms with Gasteiger partial charge in [0.1, 0.15) is 0 Å². The summed E-state index contributed by atoms with van der Waals surface area (Å²) >= 11 is 0. The number of nitrogens with one attached hydrogen (secondary N) is 1. The number of anilines is 1. The first-order valence-corrected chi connectivity index (χ1v) is 8.21. The van der Waals surface area contributed by atoms with E-state index in [0.717, 1.165) is 18.5 Å². The van der Waals surface area contributed by atoms with Crippen molar-refractivity contribution in [3.8, 4) is 0 Å². The predicted octanol–water partition coefficient (Wildman–Crippen LogP) is 2.40. The number of hydrogen-bond acceptors (Lipinski definition) is 5. The number of likely N-dealkylation sites (tertiary alicyclic amines) is 1. The molecule has 132 valence electrons. The van der Waals surface area contributed by atoms with Crippen LogP contribution in [0.1, 0.15) is 34.8 Å². The van der Waals surface area contributed by atoms with E-state index in [1.165, 1.54) is 12.1 Å². The maximum atomic E-state index is 13.1. The van der Waals surface area contributed by atoms with Crippen molar-refractivity contribution in [3.63, 3.8) is 0 Å². The predicted molar refractivity (Wildman–Crippen MR) is 93.9 cm³/mol. The highest BCUT2D eigenvalue weighted by atomic mass is 16.6. The van der Waals surface area contributed by atoms with E-state index in [4.69, 9.17) is 0 Å². The smallest absolute Gasteiger partial charge is 0.270 e. The maximum Gasteiger partial charge on any atom is 0.270 e. The summed E-state index contributed by atoms with van der Waals surface area (Å²) < 4.78 is 0. The third-order valence-electron chi connectivity index (χ3n) is 4.57. The number of nitrogens with zero attached hydrogens (tertiary/aromatic N) is 4. The molecular formula is C17H21N5O3. The zero-order chi connectivity index (χ0) is 18.0. The first-order chi connectivity index (χ1) is 12.0. The van der Waals surface area contributed by atoms with Crippen LogP contribution in [0.3, 0.4) is 0 Å². The van der Waals surface area contributed by atoms with Crippen molar-refractivity contribution in [3.05, 3.63) is 51.8 Å². The number of amides is 1. The van der Waals surface area contributed by atoms with Crippen LogP contribution in [-0.4, -0.2) is 53.1 Å². The Bertz CT molecular complexity index is 773. The number of H-pyrrole nitrogens is 1. The fourth-order valence-electron chi connectivity index (χ4n) is 3.28. The zero-order valence-corrected chi connectivity index (χ0v) is 14.3. The van der Waals surface area contributed by atoms with Crippen LogP contribution in [-0.2, 0) is 0 Å². The molecule has 0 unspecified atom stereocenters. The maximum absolute atomic E-state index is 13.1. The van der Waals surface area contributed by atoms with Crippen molar-refractivity contribution in [2.24, 2.45) is 0 Å². The highest BCUT2D eigenvalue weighted by Gasteiger charge is 2.28. The number of non-ortho nitro benzene ring substituents is 1. The van der Waals surface area contributed by atoms with Crippen LogP contribution in [0.5, 0.6) is 0 Å². The Morgan fingerprint density at radius 3 is 2.84 bits per heavy atom. The Labute approximate surface area is 145 Å². The third-order valence-corrected chi connectivity index (χ3v) is 4.57. The van der Waals surface area contributed by atoms with Gasteiger partial charge in [-0.3, -0.25) is 20.0 Å². The van der Waals surface area contributed by atoms with Gasteiger partial charge in [-0.05, 0) is 25.0 Å². The molecule has 3 rings (SSSR count). The number of piperidine rings is 1. The number of carbonyl (C=O) groups excluding carboxylic acids is 1. The quantitative estimate of drug-likeness (QED) is 0.679. The molecule has 0 aliphatic carbocycles. The van der Waals surface area contributed by atoms with Crippen molar-refractivity contribution >= 4 is 17.3 Å². The number of nitro benzene ring substituents is 1. The van der Waals surface area contributed by atoms with Gasteiger partial charge in [0.05, 0.1) is 10.5 Å². The Kier molecular flexibility index (Phi) is 4.69. The Hall–Kier alpha value is -2.90. The summed E-state index contributed by atoms with van der Waals surface area (Å²) in [5.41, 5.74) is 1.99. The van der Waals surface area contributed by atoms with Gasteiger partial charge < -0.3 is 9.80 Å². The van der Waals surface area contributed by atoms with E-state index in [1.54, 1.807) is 22.1 Å². The average molecular weight is 343 g/mol. The van der Waals surface area contributed by atoms with Crippen LogP contribution in [0, 0.1) is 10.1 Å². The summed E-state index contributed by atoms with van der Waals surface area (Å²) in [5.74, 6) is 0.0401. The lowest BCUT2D eigenvalue weighted by molar-refractivity contribution is -0.384. The molecule has 25 heavy (non-hydrogen) atoms. The van der Waals surface area contributed by atoms with Gasteiger partial charge in [-0.15, -0.1) is 0 Å². The van der Waals surface area contributed by atoms with Crippen LogP contribution >= 0.6 is 0 Å². The van der Waals surface area contributed by atoms with E-state index in [2.05, 4.69) is 10.2 Å². The minimum atomic E-state index is -0.472. The van der Waals surface area contributed by atoms with Crippen molar-refractivity contribution in [1.29, 1.82) is 0 Å². The van der Waals surface area contributed by atoms with Crippen molar-refractivity contribution in [1.82, 2.24) is 15.1 Å². The van der Waals surface area contributed by atoms with Crippen LogP contribution in [0.4, 0.5) is 11.4 Å². The summed E-state index contributed by atoms with van der Waals surface area (Å²) in [5, 5.41) is 18.1. The molecule has 1 aromatic heterocycles. The second-order valence-electron chi connectivity index (χ2n) is 6.46. The number of aromatic nitrogens is 2. The molecule has 0 radical (unpaired) electrons. The Morgan fingerprint density at radius 2 is 2.20 bits per heavy atom. The number of aromatic amines is 1. The number of benzene rings is 1. The van der Waals surface area contributed by atoms with Gasteiger partial charge in [0, 0.05) is 62.8 Å². The molecule has 0 bridgehead atoms. The normalized spacial score (nSPS) is 17.4. The molecular weight excluding hydrogens is 322 g/mol. The lowest BCUT2D eigenvalue weighted by atomic mass is 9.94. The molecule has 2 aromatic rings. The number of carbonyl (C=O) groups is 1. The van der Waals surface area contributed by atoms with Gasteiger partial charge in [-0.2, -0.15) is 5.10 Å². The van der Waals surface area contributed by atoms with E-state index in [1.807, 2.05) is 20.2 Å². The largest absolute Gasteiger partial charge is 0.377 e. The molecule has 8 heteroatoms. The molecule has 0 spiro atoms. The summed E-state index contributed by atoms with van der Waals surface area (Å²) in [6, 6.07) is 6.35. The molecule has 1 fully saturated rings. The lowest BCUT2D eigenvalue weighted by Gasteiger charge is -2.33. The zero-order valence-electron chi connectivity index (χ0n) is 14.3. The topological polar surface area (TPSA) is 95.4 Å². The fraction of sp³-hybridized carbons (Fsp3) is 0.412. The molecule has 1 amide bonds.